The van der Waals surface area contributed by atoms with Gasteiger partial charge in [0.15, 0.2) is 0 Å². The average Bonchev–Trinajstić information content (AvgIpc) is 2.66. The van der Waals surface area contributed by atoms with Crippen LogP contribution in [0.2, 0.25) is 6.82 Å². The Kier molecular flexibility index (Phi) is 3.21. The fourth-order valence-corrected chi connectivity index (χ4v) is 2.08. The molecule has 2 rings (SSSR count). The topological polar surface area (TPSA) is 36.4 Å². The van der Waals surface area contributed by atoms with Gasteiger partial charge >= 0.3 is 7.05 Å². The summed E-state index contributed by atoms with van der Waals surface area (Å²) < 4.78 is 26.1. The summed E-state index contributed by atoms with van der Waals surface area (Å²) in [6, 6.07) is 0.855. The Labute approximate surface area is 93.2 Å². The van der Waals surface area contributed by atoms with Gasteiger partial charge in [-0.25, -0.2) is 8.78 Å². The number of hydrogen-bond donors (Lipinski definition) is 1. The average molecular weight is 226 g/mol. The number of pyridine rings is 1. The van der Waals surface area contributed by atoms with E-state index in [1.54, 1.807) is 6.82 Å². The Morgan fingerprint density at radius 1 is 1.56 bits per heavy atom. The standard InChI is InChI=1S/C10H13BF2N2O/c1-11(16)15-3-2-7(6-15)10-9(13)4-8(12)5-14-10/h4-5,7,16H,2-3,6H2,1H3. The Hall–Kier alpha value is -1.01. The molecule has 1 aliphatic heterocycles. The van der Waals surface area contributed by atoms with Crippen LogP contribution < -0.4 is 0 Å². The van der Waals surface area contributed by atoms with Gasteiger partial charge in [-0.1, -0.05) is 0 Å². The molecule has 0 aliphatic carbocycles. The summed E-state index contributed by atoms with van der Waals surface area (Å²) in [7, 11) is -0.534. The van der Waals surface area contributed by atoms with Gasteiger partial charge in [0.25, 0.3) is 0 Å². The maximum absolute atomic E-state index is 13.4. The third-order valence-electron chi connectivity index (χ3n) is 2.97. The number of nitrogens with zero attached hydrogens (tertiary/aromatic N) is 2. The highest BCUT2D eigenvalue weighted by Crippen LogP contribution is 2.27. The predicted molar refractivity (Wildman–Crippen MR) is 56.9 cm³/mol. The lowest BCUT2D eigenvalue weighted by Gasteiger charge is -2.16. The summed E-state index contributed by atoms with van der Waals surface area (Å²) in [4.78, 5) is 5.64. The first-order valence-electron chi connectivity index (χ1n) is 5.31. The zero-order valence-electron chi connectivity index (χ0n) is 9.03. The summed E-state index contributed by atoms with van der Waals surface area (Å²) in [5, 5.41) is 9.38. The largest absolute Gasteiger partial charge is 0.437 e. The second-order valence-corrected chi connectivity index (χ2v) is 4.13. The van der Waals surface area contributed by atoms with Crippen LogP contribution in [-0.2, 0) is 0 Å². The summed E-state index contributed by atoms with van der Waals surface area (Å²) in [6.45, 7) is 2.95. The van der Waals surface area contributed by atoms with Crippen LogP contribution >= 0.6 is 0 Å². The van der Waals surface area contributed by atoms with Crippen molar-refractivity contribution < 1.29 is 13.8 Å². The van der Waals surface area contributed by atoms with Crippen molar-refractivity contribution in [2.24, 2.45) is 0 Å². The van der Waals surface area contributed by atoms with Crippen molar-refractivity contribution in [3.8, 4) is 0 Å². The summed E-state index contributed by atoms with van der Waals surface area (Å²) >= 11 is 0. The molecule has 1 unspecified atom stereocenters. The molecule has 0 saturated carbocycles. The lowest BCUT2D eigenvalue weighted by molar-refractivity contribution is 0.418. The molecule has 0 radical (unpaired) electrons. The van der Waals surface area contributed by atoms with E-state index < -0.39 is 18.7 Å². The van der Waals surface area contributed by atoms with Gasteiger partial charge in [0.2, 0.25) is 0 Å². The van der Waals surface area contributed by atoms with Crippen molar-refractivity contribution in [3.63, 3.8) is 0 Å². The number of hydrogen-bond acceptors (Lipinski definition) is 3. The molecule has 6 heteroatoms. The fraction of sp³-hybridized carbons (Fsp3) is 0.500. The van der Waals surface area contributed by atoms with E-state index in [-0.39, 0.29) is 5.92 Å². The van der Waals surface area contributed by atoms with Gasteiger partial charge in [-0.05, 0) is 26.3 Å². The first kappa shape index (κ1) is 11.5. The van der Waals surface area contributed by atoms with Crippen LogP contribution in [0.1, 0.15) is 18.0 Å². The van der Waals surface area contributed by atoms with Crippen molar-refractivity contribution >= 4 is 7.05 Å². The smallest absolute Gasteiger partial charge is 0.376 e. The van der Waals surface area contributed by atoms with Crippen LogP contribution in [0.3, 0.4) is 0 Å². The Morgan fingerprint density at radius 2 is 2.31 bits per heavy atom. The van der Waals surface area contributed by atoms with Crippen LogP contribution in [-0.4, -0.2) is 35.0 Å². The third-order valence-corrected chi connectivity index (χ3v) is 2.97. The molecule has 1 aliphatic rings. The molecule has 1 aromatic rings. The summed E-state index contributed by atoms with van der Waals surface area (Å²) in [5.41, 5.74) is 0.296. The molecule has 0 amide bonds. The number of rotatable bonds is 2. The van der Waals surface area contributed by atoms with Gasteiger partial charge in [-0.2, -0.15) is 0 Å². The van der Waals surface area contributed by atoms with Crippen LogP contribution in [0.25, 0.3) is 0 Å². The van der Waals surface area contributed by atoms with E-state index in [1.165, 1.54) is 0 Å². The first-order chi connectivity index (χ1) is 7.58. The Balaban J connectivity index is 2.14. The van der Waals surface area contributed by atoms with Crippen molar-refractivity contribution in [1.29, 1.82) is 0 Å². The Morgan fingerprint density at radius 3 is 2.88 bits per heavy atom. The van der Waals surface area contributed by atoms with E-state index in [4.69, 9.17) is 0 Å². The minimum atomic E-state index is -0.661. The van der Waals surface area contributed by atoms with E-state index in [1.807, 2.05) is 4.81 Å². The lowest BCUT2D eigenvalue weighted by atomic mass is 9.86. The molecule has 86 valence electrons. The van der Waals surface area contributed by atoms with Gasteiger partial charge in [0.05, 0.1) is 11.9 Å². The van der Waals surface area contributed by atoms with E-state index in [0.717, 1.165) is 18.7 Å². The van der Waals surface area contributed by atoms with Crippen molar-refractivity contribution in [2.45, 2.75) is 19.2 Å². The van der Waals surface area contributed by atoms with Gasteiger partial charge < -0.3 is 9.83 Å². The second kappa shape index (κ2) is 4.47. The summed E-state index contributed by atoms with van der Waals surface area (Å²) in [6.07, 6.45) is 1.77. The zero-order valence-corrected chi connectivity index (χ0v) is 9.03. The Bertz CT molecular complexity index is 389. The normalized spacial score (nSPS) is 21.4. The lowest BCUT2D eigenvalue weighted by Crippen LogP contribution is -2.34. The molecule has 1 saturated heterocycles. The van der Waals surface area contributed by atoms with E-state index in [0.29, 0.717) is 18.8 Å². The maximum Gasteiger partial charge on any atom is 0.376 e. The predicted octanol–water partition coefficient (Wildman–Crippen LogP) is 1.26. The highest BCUT2D eigenvalue weighted by Gasteiger charge is 2.30. The number of aromatic nitrogens is 1. The zero-order chi connectivity index (χ0) is 11.7. The van der Waals surface area contributed by atoms with Crippen molar-refractivity contribution in [2.75, 3.05) is 13.1 Å². The number of halogens is 2. The molecule has 1 N–H and O–H groups in total. The first-order valence-corrected chi connectivity index (χ1v) is 5.31. The fourth-order valence-electron chi connectivity index (χ4n) is 2.08. The van der Waals surface area contributed by atoms with Gasteiger partial charge in [0, 0.05) is 12.0 Å². The molecule has 0 spiro atoms. The molecule has 16 heavy (non-hydrogen) atoms. The molecule has 0 aromatic carbocycles. The molecule has 1 atom stereocenters. The molecule has 0 bridgehead atoms. The molecule has 2 heterocycles. The highest BCUT2D eigenvalue weighted by molar-refractivity contribution is 6.45. The summed E-state index contributed by atoms with van der Waals surface area (Å²) in [5.74, 6) is -1.32. The second-order valence-electron chi connectivity index (χ2n) is 4.13. The quantitative estimate of drug-likeness (QED) is 0.771. The van der Waals surface area contributed by atoms with Crippen LogP contribution in [0.15, 0.2) is 12.3 Å². The minimum absolute atomic E-state index is 0.0600. The van der Waals surface area contributed by atoms with Crippen molar-refractivity contribution in [1.82, 2.24) is 9.79 Å². The highest BCUT2D eigenvalue weighted by atomic mass is 19.1. The molecule has 1 fully saturated rings. The molecular weight excluding hydrogens is 213 g/mol. The van der Waals surface area contributed by atoms with Gasteiger partial charge in [-0.15, -0.1) is 0 Å². The van der Waals surface area contributed by atoms with E-state index in [9.17, 15) is 13.8 Å². The van der Waals surface area contributed by atoms with Crippen LogP contribution in [0.4, 0.5) is 8.78 Å². The van der Waals surface area contributed by atoms with Crippen molar-refractivity contribution in [3.05, 3.63) is 29.6 Å². The molecular formula is C10H13BF2N2O. The SMILES string of the molecule is CB(O)N1CCC(c2ncc(F)cc2F)C1. The van der Waals surface area contributed by atoms with Gasteiger partial charge in [0.1, 0.15) is 11.6 Å². The van der Waals surface area contributed by atoms with E-state index in [2.05, 4.69) is 4.98 Å². The van der Waals surface area contributed by atoms with Crippen LogP contribution in [0.5, 0.6) is 0 Å². The molecule has 1 aromatic heterocycles. The van der Waals surface area contributed by atoms with Crippen LogP contribution in [0, 0.1) is 11.6 Å². The maximum atomic E-state index is 13.4. The molecule has 3 nitrogen and oxygen atoms in total. The third kappa shape index (κ3) is 2.22. The van der Waals surface area contributed by atoms with Gasteiger partial charge in [-0.3, -0.25) is 4.98 Å². The monoisotopic (exact) mass is 226 g/mol. The van der Waals surface area contributed by atoms with E-state index >= 15 is 0 Å². The minimum Gasteiger partial charge on any atom is -0.437 e.